The molecule has 0 spiro atoms. The van der Waals surface area contributed by atoms with Crippen molar-refractivity contribution in [2.24, 2.45) is 0 Å². The minimum Gasteiger partial charge on any atom is -0.614 e. The van der Waals surface area contributed by atoms with Gasteiger partial charge in [0.2, 0.25) is 0 Å². The van der Waals surface area contributed by atoms with Crippen LogP contribution in [0.15, 0.2) is 0 Å². The molecule has 0 saturated carbocycles. The summed E-state index contributed by atoms with van der Waals surface area (Å²) in [4.78, 5) is 28.0. The van der Waals surface area contributed by atoms with Crippen molar-refractivity contribution in [2.45, 2.75) is 36.1 Å². The number of nitrogens with zero attached hydrogens (tertiary/aromatic N) is 2. The maximum Gasteiger partial charge on any atom is 0.365 e. The van der Waals surface area contributed by atoms with E-state index in [1.165, 1.54) is 4.90 Å². The third-order valence-electron chi connectivity index (χ3n) is 3.29. The number of β-lactam (4-membered cyclic amide) rings is 1. The normalized spacial score (nSPS) is 36.6. The molecule has 4 atom stereocenters. The van der Waals surface area contributed by atoms with Crippen molar-refractivity contribution in [3.8, 4) is 0 Å². The molecule has 2 unspecified atom stereocenters. The number of carbonyl (C=O) groups excluding carboxylic acids is 2. The molecule has 6 nitrogen and oxygen atoms in total. The van der Waals surface area contributed by atoms with Gasteiger partial charge in [-0.15, -0.1) is 0 Å². The predicted octanol–water partition coefficient (Wildman–Crippen LogP) is 0.0916. The molecular weight excluding hydrogens is 280 g/mol. The zero-order valence-electron chi connectivity index (χ0n) is 9.75. The fourth-order valence-corrected chi connectivity index (χ4v) is 4.37. The zero-order chi connectivity index (χ0) is 13.7. The van der Waals surface area contributed by atoms with Gasteiger partial charge < -0.3 is 9.29 Å². The first-order valence-electron chi connectivity index (χ1n) is 5.20. The average molecular weight is 291 g/mol. The quantitative estimate of drug-likeness (QED) is 0.238. The lowest BCUT2D eigenvalue weighted by Gasteiger charge is -2.33. The number of hydrogen-bond acceptors (Lipinski definition) is 4. The Hall–Kier alpha value is -0.970. The third-order valence-corrected chi connectivity index (χ3v) is 5.58. The first kappa shape index (κ1) is 13.5. The number of halogens is 1. The average Bonchev–Trinajstić information content (AvgIpc) is 2.48. The highest BCUT2D eigenvalue weighted by molar-refractivity contribution is 7.94. The molecule has 0 aliphatic carbocycles. The number of esters is 1. The van der Waals surface area contributed by atoms with E-state index in [2.05, 4.69) is 4.85 Å². The van der Waals surface area contributed by atoms with Gasteiger partial charge in [0, 0.05) is 0 Å². The molecule has 98 valence electrons. The second-order valence-corrected chi connectivity index (χ2v) is 6.93. The molecule has 2 heterocycles. The van der Waals surface area contributed by atoms with E-state index < -0.39 is 45.3 Å². The molecule has 2 aliphatic heterocycles. The molecule has 1 amide bonds. The molecule has 18 heavy (non-hydrogen) atoms. The van der Waals surface area contributed by atoms with Crippen LogP contribution in [0.5, 0.6) is 0 Å². The van der Waals surface area contributed by atoms with E-state index >= 15 is 0 Å². The fraction of sp³-hybridized carbons (Fsp3) is 0.700. The van der Waals surface area contributed by atoms with Crippen LogP contribution < -0.4 is 0 Å². The van der Waals surface area contributed by atoms with E-state index in [-0.39, 0.29) is 6.07 Å². The van der Waals surface area contributed by atoms with Crippen molar-refractivity contribution in [3.63, 3.8) is 0 Å². The highest BCUT2D eigenvalue weighted by Crippen LogP contribution is 2.47. The first-order chi connectivity index (χ1) is 8.37. The lowest BCUT2D eigenvalue weighted by Crippen LogP contribution is -2.65. The number of carbonyl (C=O) groups is 2. The van der Waals surface area contributed by atoms with E-state index in [9.17, 15) is 14.1 Å². The molecule has 0 aromatic rings. The second kappa shape index (κ2) is 4.30. The molecule has 0 bridgehead atoms. The largest absolute Gasteiger partial charge is 0.614 e. The number of hydrogen-bond donors (Lipinski definition) is 0. The van der Waals surface area contributed by atoms with Gasteiger partial charge in [-0.25, -0.2) is 11.4 Å². The maximum absolute atomic E-state index is 12.3. The fourth-order valence-electron chi connectivity index (χ4n) is 2.37. The van der Waals surface area contributed by atoms with Gasteiger partial charge in [-0.1, -0.05) is 11.6 Å². The van der Waals surface area contributed by atoms with Crippen LogP contribution in [0.2, 0.25) is 0 Å². The Morgan fingerprint density at radius 2 is 2.33 bits per heavy atom. The highest BCUT2D eigenvalue weighted by Gasteiger charge is 2.76. The number of fused-ring (bicyclic) bond motifs is 1. The highest BCUT2D eigenvalue weighted by atomic mass is 35.5. The first-order valence-corrected chi connectivity index (χ1v) is 6.94. The minimum absolute atomic E-state index is 0.322. The van der Waals surface area contributed by atoms with Crippen molar-refractivity contribution in [1.82, 2.24) is 4.90 Å². The summed E-state index contributed by atoms with van der Waals surface area (Å²) < 4.78 is 16.0. The van der Waals surface area contributed by atoms with E-state index in [0.29, 0.717) is 0 Å². The lowest BCUT2D eigenvalue weighted by atomic mass is 9.96. The summed E-state index contributed by atoms with van der Waals surface area (Å²) in [7, 11) is 0. The second-order valence-electron chi connectivity index (χ2n) is 4.59. The van der Waals surface area contributed by atoms with Crippen molar-refractivity contribution < 1.29 is 18.9 Å². The van der Waals surface area contributed by atoms with Gasteiger partial charge in [-0.2, -0.15) is 0 Å². The zero-order valence-corrected chi connectivity index (χ0v) is 11.3. The van der Waals surface area contributed by atoms with Crippen LogP contribution >= 0.6 is 11.6 Å². The monoisotopic (exact) mass is 290 g/mol. The van der Waals surface area contributed by atoms with Gasteiger partial charge in [0.25, 0.3) is 5.37 Å². The number of amides is 1. The van der Waals surface area contributed by atoms with Crippen molar-refractivity contribution in [3.05, 3.63) is 11.4 Å². The number of rotatable bonds is 2. The summed E-state index contributed by atoms with van der Waals surface area (Å²) in [5, 5.41) is -0.710. The Kier molecular flexibility index (Phi) is 3.21. The standard InChI is InChI=1S/C10H11ClN2O4S/c1-10(2)6(9(15)17-4-11)13-7(14)5(12-3)8(13)18(10)16/h5-6,8H,4H2,1-2H3/t5?,6-,8+,18?/m0/s1. The molecule has 0 aromatic carbocycles. The van der Waals surface area contributed by atoms with Crippen LogP contribution in [-0.2, 0) is 25.5 Å². The number of alkyl halides is 1. The summed E-state index contributed by atoms with van der Waals surface area (Å²) in [6.45, 7) is 10.2. The summed E-state index contributed by atoms with van der Waals surface area (Å²) >= 11 is 3.85. The molecule has 0 N–H and O–H groups in total. The Morgan fingerprint density at radius 3 is 2.83 bits per heavy atom. The topological polar surface area (TPSA) is 74.0 Å². The Bertz CT molecular complexity index is 450. The summed E-state index contributed by atoms with van der Waals surface area (Å²) in [6, 6.07) is -2.21. The van der Waals surface area contributed by atoms with Crippen LogP contribution in [0.25, 0.3) is 4.85 Å². The summed E-state index contributed by atoms with van der Waals surface area (Å²) in [5.74, 6) is -1.15. The molecule has 0 radical (unpaired) electrons. The van der Waals surface area contributed by atoms with Crippen LogP contribution in [-0.4, -0.2) is 49.6 Å². The minimum atomic E-state index is -1.48. The van der Waals surface area contributed by atoms with Crippen LogP contribution in [0.4, 0.5) is 0 Å². The van der Waals surface area contributed by atoms with Gasteiger partial charge in [-0.05, 0) is 25.0 Å². The molecule has 2 rings (SSSR count). The van der Waals surface area contributed by atoms with E-state index in [1.54, 1.807) is 13.8 Å². The summed E-state index contributed by atoms with van der Waals surface area (Å²) in [5.41, 5.74) is 0. The van der Waals surface area contributed by atoms with E-state index in [0.717, 1.165) is 0 Å². The Balaban J connectivity index is 2.34. The van der Waals surface area contributed by atoms with Crippen molar-refractivity contribution >= 4 is 34.7 Å². The van der Waals surface area contributed by atoms with Gasteiger partial charge in [0.15, 0.2) is 16.9 Å². The Morgan fingerprint density at radius 1 is 1.72 bits per heavy atom. The van der Waals surface area contributed by atoms with Gasteiger partial charge in [0.05, 0.1) is 0 Å². The van der Waals surface area contributed by atoms with Gasteiger partial charge in [0.1, 0.15) is 0 Å². The maximum atomic E-state index is 12.3. The van der Waals surface area contributed by atoms with Gasteiger partial charge >= 0.3 is 17.9 Å². The SMILES string of the molecule is [C-]#[N+]C1C(=O)N2[C@@H]1[S+]([O-])C(C)(C)[C@@H]2C(=O)OCCl. The smallest absolute Gasteiger partial charge is 0.365 e. The predicted molar refractivity (Wildman–Crippen MR) is 63.8 cm³/mol. The van der Waals surface area contributed by atoms with Crippen LogP contribution in [0.3, 0.4) is 0 Å². The summed E-state index contributed by atoms with van der Waals surface area (Å²) in [6.07, 6.45) is 0. The molecular formula is C10H11ClN2O4S. The van der Waals surface area contributed by atoms with Crippen molar-refractivity contribution in [1.29, 1.82) is 0 Å². The molecule has 8 heteroatoms. The van der Waals surface area contributed by atoms with Crippen molar-refractivity contribution in [2.75, 3.05) is 6.07 Å². The molecule has 2 fully saturated rings. The van der Waals surface area contributed by atoms with Crippen LogP contribution in [0, 0.1) is 6.57 Å². The van der Waals surface area contributed by atoms with E-state index in [4.69, 9.17) is 22.9 Å². The van der Waals surface area contributed by atoms with Crippen LogP contribution in [0.1, 0.15) is 13.8 Å². The van der Waals surface area contributed by atoms with Gasteiger partial charge in [-0.3, -0.25) is 14.5 Å². The Labute approximate surface area is 112 Å². The third kappa shape index (κ3) is 1.53. The molecule has 2 saturated heterocycles. The number of ether oxygens (including phenoxy) is 1. The molecule has 0 aromatic heterocycles. The lowest BCUT2D eigenvalue weighted by molar-refractivity contribution is -0.160. The van der Waals surface area contributed by atoms with E-state index in [1.807, 2.05) is 0 Å². The molecule has 2 aliphatic rings.